The van der Waals surface area contributed by atoms with Gasteiger partial charge in [0.05, 0.1) is 17.4 Å². The summed E-state index contributed by atoms with van der Waals surface area (Å²) in [6.07, 6.45) is 1.82. The number of aryl methyl sites for hydroxylation is 2. The molecule has 0 aromatic carbocycles. The lowest BCUT2D eigenvalue weighted by Gasteiger charge is -2.12. The molecule has 0 saturated heterocycles. The van der Waals surface area contributed by atoms with Crippen molar-refractivity contribution in [3.05, 3.63) is 38.3 Å². The number of nitrogens with two attached hydrogens (primary N) is 1. The van der Waals surface area contributed by atoms with Gasteiger partial charge in [0.1, 0.15) is 0 Å². The summed E-state index contributed by atoms with van der Waals surface area (Å²) in [7, 11) is 0. The van der Waals surface area contributed by atoms with E-state index in [1.165, 1.54) is 4.88 Å². The normalized spacial score (nSPS) is 12.9. The third-order valence-electron chi connectivity index (χ3n) is 2.95. The lowest BCUT2D eigenvalue weighted by molar-refractivity contribution is 0.566. The predicted molar refractivity (Wildman–Crippen MR) is 79.9 cm³/mol. The van der Waals surface area contributed by atoms with Gasteiger partial charge >= 0.3 is 0 Å². The molecule has 0 bridgehead atoms. The molecule has 98 valence electrons. The van der Waals surface area contributed by atoms with Crippen molar-refractivity contribution in [1.29, 1.82) is 0 Å². The van der Waals surface area contributed by atoms with Crippen molar-refractivity contribution in [2.45, 2.75) is 39.3 Å². The van der Waals surface area contributed by atoms with Crippen molar-refractivity contribution in [2.24, 2.45) is 5.73 Å². The van der Waals surface area contributed by atoms with E-state index in [1.54, 1.807) is 11.3 Å². The van der Waals surface area contributed by atoms with Gasteiger partial charge in [0.2, 0.25) is 0 Å². The van der Waals surface area contributed by atoms with Crippen LogP contribution in [0.4, 0.5) is 0 Å². The fourth-order valence-corrected chi connectivity index (χ4v) is 3.50. The summed E-state index contributed by atoms with van der Waals surface area (Å²) < 4.78 is 3.15. The van der Waals surface area contributed by atoms with Crippen molar-refractivity contribution >= 4 is 27.3 Å². The molecule has 1 atom stereocenters. The van der Waals surface area contributed by atoms with Gasteiger partial charge in [0.25, 0.3) is 0 Å². The van der Waals surface area contributed by atoms with E-state index in [0.29, 0.717) is 0 Å². The molecule has 0 aliphatic carbocycles. The summed E-state index contributed by atoms with van der Waals surface area (Å²) >= 11 is 5.22. The van der Waals surface area contributed by atoms with Crippen LogP contribution in [0.5, 0.6) is 0 Å². The molecule has 2 rings (SSSR count). The second-order valence-corrected chi connectivity index (χ2v) is 6.18. The Bertz CT molecular complexity index is 518. The highest BCUT2D eigenvalue weighted by Gasteiger charge is 2.15. The molecule has 0 amide bonds. The summed E-state index contributed by atoms with van der Waals surface area (Å²) in [6.45, 7) is 5.09. The maximum Gasteiger partial charge on any atom is 0.0625 e. The number of halogens is 1. The summed E-state index contributed by atoms with van der Waals surface area (Å²) in [5, 5.41) is 6.64. The number of hydrogen-bond acceptors (Lipinski definition) is 3. The molecule has 0 aliphatic rings. The minimum absolute atomic E-state index is 0.0169. The van der Waals surface area contributed by atoms with E-state index in [2.05, 4.69) is 52.4 Å². The van der Waals surface area contributed by atoms with Crippen LogP contribution in [0.15, 0.2) is 22.0 Å². The van der Waals surface area contributed by atoms with E-state index in [4.69, 9.17) is 5.73 Å². The second-order valence-electron chi connectivity index (χ2n) is 4.27. The molecule has 2 N–H and O–H groups in total. The maximum absolute atomic E-state index is 6.31. The second kappa shape index (κ2) is 5.99. The van der Waals surface area contributed by atoms with Gasteiger partial charge in [-0.15, -0.1) is 11.3 Å². The highest BCUT2D eigenvalue weighted by atomic mass is 79.9. The first-order valence-corrected chi connectivity index (χ1v) is 7.86. The quantitative estimate of drug-likeness (QED) is 0.912. The van der Waals surface area contributed by atoms with Gasteiger partial charge in [-0.25, -0.2) is 0 Å². The van der Waals surface area contributed by atoms with Crippen molar-refractivity contribution < 1.29 is 0 Å². The Morgan fingerprint density at radius 2 is 2.22 bits per heavy atom. The Morgan fingerprint density at radius 3 is 2.78 bits per heavy atom. The summed E-state index contributed by atoms with van der Waals surface area (Å²) in [5.41, 5.74) is 8.57. The largest absolute Gasteiger partial charge is 0.322 e. The molecule has 18 heavy (non-hydrogen) atoms. The zero-order valence-corrected chi connectivity index (χ0v) is 13.1. The zero-order chi connectivity index (χ0) is 13.1. The van der Waals surface area contributed by atoms with Crippen LogP contribution in [0.25, 0.3) is 0 Å². The summed E-state index contributed by atoms with van der Waals surface area (Å²) in [5.74, 6) is 0. The van der Waals surface area contributed by atoms with Crippen LogP contribution in [0, 0.1) is 0 Å². The smallest absolute Gasteiger partial charge is 0.0625 e. The Balaban J connectivity index is 2.17. The molecule has 2 aromatic heterocycles. The molecule has 3 nitrogen and oxygen atoms in total. The van der Waals surface area contributed by atoms with Crippen molar-refractivity contribution in [1.82, 2.24) is 9.78 Å². The standard InChI is InChI=1S/C13H18BrN3S/c1-3-10-6-13(17(4-2)16-10)12(15)7-11-5-9(14)8-18-11/h5-6,8,12H,3-4,7,15H2,1-2H3. The Labute approximate surface area is 120 Å². The molecular formula is C13H18BrN3S. The fourth-order valence-electron chi connectivity index (χ4n) is 1.99. The van der Waals surface area contributed by atoms with Gasteiger partial charge in [-0.05, 0) is 41.4 Å². The molecule has 0 saturated carbocycles. The molecule has 2 heterocycles. The summed E-state index contributed by atoms with van der Waals surface area (Å²) in [6, 6.07) is 4.29. The average Bonchev–Trinajstić information content (AvgIpc) is 2.95. The molecule has 5 heteroatoms. The van der Waals surface area contributed by atoms with Crippen LogP contribution >= 0.6 is 27.3 Å². The highest BCUT2D eigenvalue weighted by Crippen LogP contribution is 2.25. The number of nitrogens with zero attached hydrogens (tertiary/aromatic N) is 2. The van der Waals surface area contributed by atoms with E-state index in [1.807, 2.05) is 4.68 Å². The molecule has 0 aliphatic heterocycles. The third-order valence-corrected chi connectivity index (χ3v) is 4.67. The van der Waals surface area contributed by atoms with Gasteiger partial charge < -0.3 is 5.73 Å². The van der Waals surface area contributed by atoms with Crippen LogP contribution in [0.2, 0.25) is 0 Å². The van der Waals surface area contributed by atoms with E-state index in [-0.39, 0.29) is 6.04 Å². The van der Waals surface area contributed by atoms with E-state index >= 15 is 0 Å². The summed E-state index contributed by atoms with van der Waals surface area (Å²) in [4.78, 5) is 1.30. The monoisotopic (exact) mass is 327 g/mol. The van der Waals surface area contributed by atoms with Crippen LogP contribution in [0.1, 0.15) is 36.2 Å². The topological polar surface area (TPSA) is 43.8 Å². The third kappa shape index (κ3) is 3.02. The van der Waals surface area contributed by atoms with Gasteiger partial charge in [-0.1, -0.05) is 6.92 Å². The number of rotatable bonds is 5. The number of thiophene rings is 1. The lowest BCUT2D eigenvalue weighted by Crippen LogP contribution is -2.17. The first-order valence-electron chi connectivity index (χ1n) is 6.19. The van der Waals surface area contributed by atoms with Crippen molar-refractivity contribution in [3.8, 4) is 0 Å². The minimum Gasteiger partial charge on any atom is -0.322 e. The van der Waals surface area contributed by atoms with Crippen LogP contribution in [-0.2, 0) is 19.4 Å². The first-order chi connectivity index (χ1) is 8.63. The molecule has 0 spiro atoms. The van der Waals surface area contributed by atoms with E-state index in [9.17, 15) is 0 Å². The van der Waals surface area contributed by atoms with E-state index < -0.39 is 0 Å². The van der Waals surface area contributed by atoms with Gasteiger partial charge in [-0.2, -0.15) is 5.10 Å². The molecule has 1 unspecified atom stereocenters. The average molecular weight is 328 g/mol. The Kier molecular flexibility index (Phi) is 4.59. The van der Waals surface area contributed by atoms with Gasteiger partial charge in [-0.3, -0.25) is 4.68 Å². The van der Waals surface area contributed by atoms with Gasteiger partial charge in [0.15, 0.2) is 0 Å². The Morgan fingerprint density at radius 1 is 1.44 bits per heavy atom. The minimum atomic E-state index is 0.0169. The highest BCUT2D eigenvalue weighted by molar-refractivity contribution is 9.10. The SMILES string of the molecule is CCc1cc(C(N)Cc2cc(Br)cs2)n(CC)n1. The Hall–Kier alpha value is -0.650. The molecule has 2 aromatic rings. The van der Waals surface area contributed by atoms with Crippen LogP contribution < -0.4 is 5.73 Å². The van der Waals surface area contributed by atoms with Crippen molar-refractivity contribution in [2.75, 3.05) is 0 Å². The van der Waals surface area contributed by atoms with Crippen molar-refractivity contribution in [3.63, 3.8) is 0 Å². The lowest BCUT2D eigenvalue weighted by atomic mass is 10.1. The first kappa shape index (κ1) is 13.8. The maximum atomic E-state index is 6.31. The fraction of sp³-hybridized carbons (Fsp3) is 0.462. The molecular weight excluding hydrogens is 310 g/mol. The van der Waals surface area contributed by atoms with Gasteiger partial charge in [0, 0.05) is 27.7 Å². The predicted octanol–water partition coefficient (Wildman–Crippen LogP) is 3.53. The van der Waals surface area contributed by atoms with Crippen LogP contribution in [-0.4, -0.2) is 9.78 Å². The molecule has 0 fully saturated rings. The van der Waals surface area contributed by atoms with E-state index in [0.717, 1.165) is 35.2 Å². The zero-order valence-electron chi connectivity index (χ0n) is 10.7. The molecule has 0 radical (unpaired) electrons. The van der Waals surface area contributed by atoms with Crippen LogP contribution in [0.3, 0.4) is 0 Å². The number of aromatic nitrogens is 2. The number of hydrogen-bond donors (Lipinski definition) is 1.